The van der Waals surface area contributed by atoms with Crippen molar-refractivity contribution in [3.8, 4) is 0 Å². The lowest BCUT2D eigenvalue weighted by molar-refractivity contribution is -0.129. The Morgan fingerprint density at radius 1 is 0.923 bits per heavy atom. The fourth-order valence-corrected chi connectivity index (χ4v) is 6.28. The number of ether oxygens (including phenoxy) is 2. The van der Waals surface area contributed by atoms with Crippen molar-refractivity contribution in [2.75, 3.05) is 53.7 Å². The first kappa shape index (κ1) is 31.0. The lowest BCUT2D eigenvalue weighted by atomic mass is 9.84. The van der Waals surface area contributed by atoms with E-state index in [0.717, 1.165) is 45.5 Å². The molecule has 0 unspecified atom stereocenters. The summed E-state index contributed by atoms with van der Waals surface area (Å²) in [6, 6.07) is 21.3. The molecule has 0 spiro atoms. The molecule has 6 heteroatoms. The first-order valence-electron chi connectivity index (χ1n) is 14.2. The maximum atomic E-state index is 12.4. The third-order valence-electron chi connectivity index (χ3n) is 8.52. The number of allylic oxidation sites excluding steroid dienone is 1. The molecule has 1 N–H and O–H groups in total. The van der Waals surface area contributed by atoms with Gasteiger partial charge in [0.25, 0.3) is 0 Å². The Labute approximate surface area is 235 Å². The van der Waals surface area contributed by atoms with Crippen LogP contribution in [0.4, 0.5) is 0 Å². The standard InChI is InChI=1S/C17H23NO2.C16H25NO2/c1-4-10-17(13-20-3)11-16(19)18(12-17)14(2)15-8-6-5-7-9-15;1-14(15-6-4-3-5-7-15)17-10-8-16(12-17,9-11-18)13-19-2/h4-9,14H,1,10-13H2,2-3H3;3-7,14,18H,8-13H2,1-2H3/t14-,17-;14-,16+/m11/s1. The maximum absolute atomic E-state index is 12.4. The van der Waals surface area contributed by atoms with Crippen LogP contribution in [0.3, 0.4) is 0 Å². The van der Waals surface area contributed by atoms with Gasteiger partial charge in [-0.3, -0.25) is 9.69 Å². The lowest BCUT2D eigenvalue weighted by Gasteiger charge is -2.30. The highest BCUT2D eigenvalue weighted by atomic mass is 16.5. The summed E-state index contributed by atoms with van der Waals surface area (Å²) >= 11 is 0. The van der Waals surface area contributed by atoms with Crippen LogP contribution in [-0.2, 0) is 14.3 Å². The zero-order valence-corrected chi connectivity index (χ0v) is 24.4. The smallest absolute Gasteiger partial charge is 0.223 e. The summed E-state index contributed by atoms with van der Waals surface area (Å²) in [4.78, 5) is 16.9. The van der Waals surface area contributed by atoms with E-state index in [1.807, 2.05) is 29.2 Å². The molecular weight excluding hydrogens is 488 g/mol. The highest BCUT2D eigenvalue weighted by molar-refractivity contribution is 5.80. The summed E-state index contributed by atoms with van der Waals surface area (Å²) in [5, 5.41) is 9.29. The molecule has 0 aromatic heterocycles. The predicted octanol–water partition coefficient (Wildman–Crippen LogP) is 5.66. The van der Waals surface area contributed by atoms with Gasteiger partial charge in [0.15, 0.2) is 0 Å². The van der Waals surface area contributed by atoms with Crippen molar-refractivity contribution in [2.45, 2.75) is 51.6 Å². The number of nitrogens with zero attached hydrogens (tertiary/aromatic N) is 2. The lowest BCUT2D eigenvalue weighted by Crippen LogP contribution is -2.33. The van der Waals surface area contributed by atoms with Crippen molar-refractivity contribution in [1.82, 2.24) is 9.80 Å². The molecule has 2 saturated heterocycles. The number of hydrogen-bond donors (Lipinski definition) is 1. The summed E-state index contributed by atoms with van der Waals surface area (Å²) in [5.41, 5.74) is 2.55. The number of carbonyl (C=O) groups is 1. The van der Waals surface area contributed by atoms with Crippen LogP contribution in [0.2, 0.25) is 0 Å². The molecule has 2 fully saturated rings. The van der Waals surface area contributed by atoms with Gasteiger partial charge in [-0.15, -0.1) is 6.58 Å². The van der Waals surface area contributed by atoms with Gasteiger partial charge in [-0.25, -0.2) is 0 Å². The number of carbonyl (C=O) groups excluding carboxylic acids is 1. The minimum atomic E-state index is -0.114. The molecule has 4 rings (SSSR count). The van der Waals surface area contributed by atoms with Gasteiger partial charge in [0.05, 0.1) is 19.3 Å². The molecule has 2 aromatic rings. The van der Waals surface area contributed by atoms with Gasteiger partial charge in [-0.05, 0) is 50.8 Å². The predicted molar refractivity (Wildman–Crippen MR) is 157 cm³/mol. The van der Waals surface area contributed by atoms with Crippen LogP contribution in [-0.4, -0.2) is 74.5 Å². The van der Waals surface area contributed by atoms with Crippen molar-refractivity contribution < 1.29 is 19.4 Å². The van der Waals surface area contributed by atoms with Gasteiger partial charge in [0.2, 0.25) is 5.91 Å². The van der Waals surface area contributed by atoms with Crippen LogP contribution in [0.1, 0.15) is 62.7 Å². The second-order valence-electron chi connectivity index (χ2n) is 11.4. The Morgan fingerprint density at radius 2 is 1.49 bits per heavy atom. The largest absolute Gasteiger partial charge is 0.396 e. The molecule has 2 heterocycles. The zero-order chi connectivity index (χ0) is 28.3. The van der Waals surface area contributed by atoms with E-state index in [0.29, 0.717) is 19.1 Å². The molecule has 0 saturated carbocycles. The van der Waals surface area contributed by atoms with E-state index in [1.54, 1.807) is 14.2 Å². The Morgan fingerprint density at radius 3 is 2.03 bits per heavy atom. The second kappa shape index (κ2) is 14.8. The number of methoxy groups -OCH3 is 2. The average Bonchev–Trinajstić information content (AvgIpc) is 3.51. The van der Waals surface area contributed by atoms with E-state index >= 15 is 0 Å². The van der Waals surface area contributed by atoms with E-state index in [4.69, 9.17) is 9.47 Å². The van der Waals surface area contributed by atoms with E-state index in [-0.39, 0.29) is 29.4 Å². The van der Waals surface area contributed by atoms with Crippen LogP contribution in [0.25, 0.3) is 0 Å². The Kier molecular flexibility index (Phi) is 11.7. The Hall–Kier alpha value is -2.51. The van der Waals surface area contributed by atoms with E-state index in [9.17, 15) is 9.90 Å². The van der Waals surface area contributed by atoms with Crippen molar-refractivity contribution >= 4 is 5.91 Å². The minimum absolute atomic E-state index is 0.104. The Bertz CT molecular complexity index is 1010. The molecule has 2 aromatic carbocycles. The number of amides is 1. The second-order valence-corrected chi connectivity index (χ2v) is 11.4. The number of hydrogen-bond acceptors (Lipinski definition) is 5. The van der Waals surface area contributed by atoms with E-state index in [1.165, 1.54) is 11.1 Å². The molecule has 2 aliphatic rings. The van der Waals surface area contributed by atoms with Crippen LogP contribution < -0.4 is 0 Å². The highest BCUT2D eigenvalue weighted by Crippen LogP contribution is 2.40. The normalized spacial score (nSPS) is 24.7. The van der Waals surface area contributed by atoms with Gasteiger partial charge in [0.1, 0.15) is 0 Å². The number of aliphatic hydroxyl groups is 1. The van der Waals surface area contributed by atoms with Gasteiger partial charge < -0.3 is 19.5 Å². The van der Waals surface area contributed by atoms with Crippen LogP contribution >= 0.6 is 0 Å². The summed E-state index contributed by atoms with van der Waals surface area (Å²) in [6.45, 7) is 12.6. The zero-order valence-electron chi connectivity index (χ0n) is 24.4. The molecule has 0 aliphatic carbocycles. The first-order chi connectivity index (χ1) is 18.8. The quantitative estimate of drug-likeness (QED) is 0.355. The monoisotopic (exact) mass is 536 g/mol. The molecule has 214 valence electrons. The molecular formula is C33H48N2O4. The number of benzene rings is 2. The fraction of sp³-hybridized carbons (Fsp3) is 0.545. The molecule has 2 aliphatic heterocycles. The van der Waals surface area contributed by atoms with Gasteiger partial charge >= 0.3 is 0 Å². The molecule has 6 nitrogen and oxygen atoms in total. The average molecular weight is 537 g/mol. The Balaban J connectivity index is 0.000000216. The molecule has 0 bridgehead atoms. The maximum Gasteiger partial charge on any atom is 0.223 e. The highest BCUT2D eigenvalue weighted by Gasteiger charge is 2.44. The summed E-state index contributed by atoms with van der Waals surface area (Å²) < 4.78 is 10.7. The molecule has 1 amide bonds. The van der Waals surface area contributed by atoms with E-state index < -0.39 is 0 Å². The third-order valence-corrected chi connectivity index (χ3v) is 8.52. The summed E-state index contributed by atoms with van der Waals surface area (Å²) in [7, 11) is 3.45. The van der Waals surface area contributed by atoms with E-state index in [2.05, 4.69) is 67.8 Å². The number of aliphatic hydroxyl groups excluding tert-OH is 1. The minimum Gasteiger partial charge on any atom is -0.396 e. The van der Waals surface area contributed by atoms with Crippen LogP contribution in [0, 0.1) is 10.8 Å². The van der Waals surface area contributed by atoms with Gasteiger partial charge in [-0.1, -0.05) is 66.7 Å². The number of rotatable bonds is 12. The molecule has 39 heavy (non-hydrogen) atoms. The summed E-state index contributed by atoms with van der Waals surface area (Å²) in [6.07, 6.45) is 5.19. The van der Waals surface area contributed by atoms with Crippen molar-refractivity contribution in [3.63, 3.8) is 0 Å². The number of likely N-dealkylation sites (tertiary alicyclic amines) is 2. The van der Waals surface area contributed by atoms with Crippen LogP contribution in [0.5, 0.6) is 0 Å². The molecule has 4 atom stereocenters. The summed E-state index contributed by atoms with van der Waals surface area (Å²) in [5.74, 6) is 0.209. The van der Waals surface area contributed by atoms with Gasteiger partial charge in [-0.2, -0.15) is 0 Å². The fourth-order valence-electron chi connectivity index (χ4n) is 6.28. The van der Waals surface area contributed by atoms with Crippen molar-refractivity contribution in [1.29, 1.82) is 0 Å². The SMILES string of the molecule is C=CC[C@@]1(COC)CC(=O)N([C@H](C)c2ccccc2)C1.COC[C@]1(CCO)CCN([C@H](C)c2ccccc2)C1. The third kappa shape index (κ3) is 8.01. The van der Waals surface area contributed by atoms with Crippen molar-refractivity contribution in [3.05, 3.63) is 84.4 Å². The van der Waals surface area contributed by atoms with Crippen LogP contribution in [0.15, 0.2) is 73.3 Å². The van der Waals surface area contributed by atoms with Crippen molar-refractivity contribution in [2.24, 2.45) is 10.8 Å². The molecule has 0 radical (unpaired) electrons. The van der Waals surface area contributed by atoms with Gasteiger partial charge in [0, 0.05) is 57.2 Å². The topological polar surface area (TPSA) is 62.2 Å². The first-order valence-corrected chi connectivity index (χ1v) is 14.2.